The maximum Gasteiger partial charge on any atom is 0.126 e. The molecule has 1 aliphatic rings. The Kier molecular flexibility index (Phi) is 21.4. The van der Waals surface area contributed by atoms with E-state index in [-0.39, 0.29) is 94.0 Å². The molecule has 0 saturated carbocycles. The number of benzene rings is 4. The fraction of sp³-hybridized carbons (Fsp3) is 0.625. The van der Waals surface area contributed by atoms with Gasteiger partial charge < -0.3 is 39.4 Å². The topological polar surface area (TPSA) is 118 Å². The van der Waals surface area contributed by atoms with Crippen molar-refractivity contribution < 1.29 is 39.4 Å². The zero-order valence-corrected chi connectivity index (χ0v) is 47.5. The second kappa shape index (κ2) is 26.5. The van der Waals surface area contributed by atoms with E-state index in [2.05, 4.69) is 135 Å². The Hall–Kier alpha value is -4.72. The summed E-state index contributed by atoms with van der Waals surface area (Å²) in [7, 11) is 0. The predicted octanol–water partition coefficient (Wildman–Crippen LogP) is 17.2. The van der Waals surface area contributed by atoms with Crippen LogP contribution in [0.2, 0.25) is 0 Å². The van der Waals surface area contributed by atoms with Crippen molar-refractivity contribution in [3.63, 3.8) is 0 Å². The first-order valence-corrected chi connectivity index (χ1v) is 28.1. The van der Waals surface area contributed by atoms with Gasteiger partial charge in [0.1, 0.15) is 46.0 Å². The van der Waals surface area contributed by atoms with E-state index in [9.17, 15) is 20.4 Å². The van der Waals surface area contributed by atoms with Crippen LogP contribution in [0, 0.1) is 47.3 Å². The van der Waals surface area contributed by atoms with Gasteiger partial charge in [-0.15, -0.1) is 0 Å². The quantitative estimate of drug-likeness (QED) is 0.0548. The first kappa shape index (κ1) is 58.2. The first-order valence-electron chi connectivity index (χ1n) is 28.1. The highest BCUT2D eigenvalue weighted by Crippen LogP contribution is 2.54. The highest BCUT2D eigenvalue weighted by molar-refractivity contribution is 5.63. The molecule has 0 radical (unpaired) electrons. The van der Waals surface area contributed by atoms with Crippen molar-refractivity contribution in [3.8, 4) is 46.0 Å². The van der Waals surface area contributed by atoms with E-state index in [0.717, 1.165) is 70.2 Å². The molecular formula is C64H96O8. The molecule has 4 N–H and O–H groups in total. The van der Waals surface area contributed by atoms with Gasteiger partial charge in [-0.05, 0) is 97.3 Å². The molecule has 0 unspecified atom stereocenters. The lowest BCUT2D eigenvalue weighted by atomic mass is 9.75. The molecule has 8 nitrogen and oxygen atoms in total. The minimum absolute atomic E-state index is 0.133. The summed E-state index contributed by atoms with van der Waals surface area (Å²) in [5, 5.41) is 50.4. The third-order valence-electron chi connectivity index (χ3n) is 15.3. The van der Waals surface area contributed by atoms with Crippen LogP contribution in [0.3, 0.4) is 0 Å². The molecule has 8 atom stereocenters. The third-order valence-corrected chi connectivity index (χ3v) is 15.3. The molecule has 5 rings (SSSR count). The van der Waals surface area contributed by atoms with E-state index in [1.807, 2.05) is 24.3 Å². The van der Waals surface area contributed by atoms with E-state index < -0.39 is 0 Å². The Morgan fingerprint density at radius 1 is 0.306 bits per heavy atom. The molecule has 8 heteroatoms. The smallest absolute Gasteiger partial charge is 0.126 e. The Morgan fingerprint density at radius 3 is 0.639 bits per heavy atom. The van der Waals surface area contributed by atoms with Gasteiger partial charge >= 0.3 is 0 Å². The Bertz CT molecular complexity index is 2020. The van der Waals surface area contributed by atoms with Gasteiger partial charge in [0.05, 0.1) is 26.4 Å². The van der Waals surface area contributed by atoms with E-state index >= 15 is 0 Å². The SMILES string of the molecule is CC[C@H](C)COc1cc(O)c2cc1[C@H](CC(C)C)c1cc(c(OC[C@@H](C)CC)cc1O)[C@@H](CC(C)C)c1cc(c(OC[C@@H](C)CC)cc1O)[C@@H](CC(C)C)c1cc(c(OC[C@@H](C)CC)cc1O)[C@@H]2CC(C)C. The van der Waals surface area contributed by atoms with Crippen molar-refractivity contribution in [2.45, 2.75) is 186 Å². The number of aromatic hydroxyl groups is 4. The van der Waals surface area contributed by atoms with E-state index in [1.165, 1.54) is 0 Å². The summed E-state index contributed by atoms with van der Waals surface area (Å²) in [6.07, 6.45) is 6.44. The van der Waals surface area contributed by atoms with Crippen molar-refractivity contribution in [2.24, 2.45) is 47.3 Å². The van der Waals surface area contributed by atoms with Gasteiger partial charge in [0.2, 0.25) is 0 Å². The Morgan fingerprint density at radius 2 is 0.486 bits per heavy atom. The minimum Gasteiger partial charge on any atom is -0.508 e. The monoisotopic (exact) mass is 993 g/mol. The van der Waals surface area contributed by atoms with Crippen molar-refractivity contribution in [1.29, 1.82) is 0 Å². The van der Waals surface area contributed by atoms with Gasteiger partial charge in [-0.1, -0.05) is 136 Å². The molecule has 0 fully saturated rings. The van der Waals surface area contributed by atoms with Crippen LogP contribution in [0.1, 0.15) is 230 Å². The normalized spacial score (nSPS) is 18.6. The van der Waals surface area contributed by atoms with Gasteiger partial charge in [0.15, 0.2) is 0 Å². The van der Waals surface area contributed by atoms with Crippen LogP contribution in [-0.2, 0) is 0 Å². The van der Waals surface area contributed by atoms with Crippen LogP contribution in [0.4, 0.5) is 0 Å². The zero-order chi connectivity index (χ0) is 53.1. The second-order valence-electron chi connectivity index (χ2n) is 23.8. The van der Waals surface area contributed by atoms with E-state index in [0.29, 0.717) is 75.1 Å². The predicted molar refractivity (Wildman–Crippen MR) is 297 cm³/mol. The minimum atomic E-state index is -0.363. The van der Waals surface area contributed by atoms with E-state index in [1.54, 1.807) is 0 Å². The largest absolute Gasteiger partial charge is 0.508 e. The maximum atomic E-state index is 12.6. The molecule has 4 aromatic rings. The third kappa shape index (κ3) is 14.7. The average Bonchev–Trinajstić information content (AvgIpc) is 3.32. The fourth-order valence-corrected chi connectivity index (χ4v) is 10.1. The summed E-state index contributed by atoms with van der Waals surface area (Å²) < 4.78 is 27.2. The number of rotatable bonds is 24. The number of phenolic OH excluding ortho intramolecular Hbond substituents is 4. The highest BCUT2D eigenvalue weighted by Gasteiger charge is 2.35. The van der Waals surface area contributed by atoms with Crippen molar-refractivity contribution in [1.82, 2.24) is 0 Å². The van der Waals surface area contributed by atoms with Crippen LogP contribution < -0.4 is 18.9 Å². The fourth-order valence-electron chi connectivity index (χ4n) is 10.1. The van der Waals surface area contributed by atoms with Crippen LogP contribution >= 0.6 is 0 Å². The molecule has 72 heavy (non-hydrogen) atoms. The van der Waals surface area contributed by atoms with Crippen LogP contribution in [-0.4, -0.2) is 46.9 Å². The number of hydrogen-bond donors (Lipinski definition) is 4. The Balaban J connectivity index is 2.08. The summed E-state index contributed by atoms with van der Waals surface area (Å²) in [6, 6.07) is 15.8. The van der Waals surface area contributed by atoms with Gasteiger partial charge in [-0.25, -0.2) is 0 Å². The lowest BCUT2D eigenvalue weighted by Gasteiger charge is -2.32. The van der Waals surface area contributed by atoms with Crippen molar-refractivity contribution in [3.05, 3.63) is 93.0 Å². The molecule has 0 amide bonds. The maximum absolute atomic E-state index is 12.6. The average molecular weight is 993 g/mol. The Labute approximate surface area is 436 Å². The molecule has 4 aromatic carbocycles. The van der Waals surface area contributed by atoms with Crippen LogP contribution in [0.25, 0.3) is 0 Å². The van der Waals surface area contributed by atoms with Gasteiger partial charge in [-0.3, -0.25) is 0 Å². The number of fused-ring (bicyclic) bond motifs is 8. The van der Waals surface area contributed by atoms with Crippen LogP contribution in [0.15, 0.2) is 48.5 Å². The molecule has 1 aliphatic carbocycles. The van der Waals surface area contributed by atoms with Gasteiger partial charge in [0, 0.05) is 92.4 Å². The number of phenols is 4. The van der Waals surface area contributed by atoms with Crippen molar-refractivity contribution in [2.75, 3.05) is 26.4 Å². The van der Waals surface area contributed by atoms with Gasteiger partial charge in [-0.2, -0.15) is 0 Å². The molecule has 0 heterocycles. The second-order valence-corrected chi connectivity index (χ2v) is 23.8. The van der Waals surface area contributed by atoms with Crippen molar-refractivity contribution >= 4 is 0 Å². The molecule has 400 valence electrons. The van der Waals surface area contributed by atoms with Gasteiger partial charge in [0.25, 0.3) is 0 Å². The highest BCUT2D eigenvalue weighted by atomic mass is 16.5. The molecule has 0 aromatic heterocycles. The summed E-state index contributed by atoms with van der Waals surface area (Å²) in [5.41, 5.74) is 6.55. The molecule has 0 saturated heterocycles. The molecular weight excluding hydrogens is 897 g/mol. The van der Waals surface area contributed by atoms with E-state index in [4.69, 9.17) is 18.9 Å². The molecule has 0 aliphatic heterocycles. The first-order chi connectivity index (χ1) is 34.1. The molecule has 8 bridgehead atoms. The summed E-state index contributed by atoms with van der Waals surface area (Å²) in [6.45, 7) is 36.9. The summed E-state index contributed by atoms with van der Waals surface area (Å²) in [4.78, 5) is 0. The number of ether oxygens (including phenoxy) is 4. The summed E-state index contributed by atoms with van der Waals surface area (Å²) in [5.74, 6) is 3.34. The number of hydrogen-bond acceptors (Lipinski definition) is 8. The standard InChI is InChI=1S/C64H96O8/c1-17-41(13)33-69-61-29-57(65)49-25-53(61)45(21-37(5)6)50-26-54(62(30-58(50)66)70-34-42(14)18-2)47(23-39(9)10)52-28-56(64(32-60(52)68)72-36-44(16)20-4)48(24-40(11)12)51-27-55(46(49)22-38(7)8)63(31-59(51)67)71-35-43(15)19-3/h25-32,37-48,65-68H,17-24,33-36H2,1-16H3/t41-,42-,43-,44-,45-,46-,47+,48+/m0/s1. The lowest BCUT2D eigenvalue weighted by molar-refractivity contribution is 0.250. The molecule has 0 spiro atoms. The lowest BCUT2D eigenvalue weighted by Crippen LogP contribution is -2.17. The summed E-state index contributed by atoms with van der Waals surface area (Å²) >= 11 is 0. The van der Waals surface area contributed by atoms with Crippen LogP contribution in [0.5, 0.6) is 46.0 Å². The zero-order valence-electron chi connectivity index (χ0n) is 47.5.